The van der Waals surface area contributed by atoms with Crippen LogP contribution in [0.15, 0.2) is 66.7 Å². The van der Waals surface area contributed by atoms with Gasteiger partial charge in [0, 0.05) is 0 Å². The van der Waals surface area contributed by atoms with Gasteiger partial charge in [0.2, 0.25) is 0 Å². The van der Waals surface area contributed by atoms with Gasteiger partial charge in [0.05, 0.1) is 0 Å². The Morgan fingerprint density at radius 3 is 1.43 bits per heavy atom. The molecule has 0 heterocycles. The summed E-state index contributed by atoms with van der Waals surface area (Å²) in [4.78, 5) is 0. The van der Waals surface area contributed by atoms with Gasteiger partial charge in [0.1, 0.15) is 0 Å². The van der Waals surface area contributed by atoms with Crippen molar-refractivity contribution >= 4 is 5.57 Å². The molecule has 0 N–H and O–H groups in total. The molecule has 2 aromatic rings. The Morgan fingerprint density at radius 1 is 0.607 bits per heavy atom. The summed E-state index contributed by atoms with van der Waals surface area (Å²) >= 11 is 0. The molecule has 2 heteroatoms. The van der Waals surface area contributed by atoms with Crippen LogP contribution in [0.3, 0.4) is 0 Å². The van der Waals surface area contributed by atoms with Crippen molar-refractivity contribution in [3.63, 3.8) is 0 Å². The second-order valence-corrected chi connectivity index (χ2v) is 7.32. The summed E-state index contributed by atoms with van der Waals surface area (Å²) in [5.41, 5.74) is 4.03. The number of rotatable bonds is 13. The Morgan fingerprint density at radius 2 is 1.00 bits per heavy atom. The van der Waals surface area contributed by atoms with Gasteiger partial charge in [0.25, 0.3) is 0 Å². The summed E-state index contributed by atoms with van der Waals surface area (Å²) in [6.07, 6.45) is 17.6. The average molecular weight is 397 g/mol. The minimum Gasteiger partial charge on any atom is -1.00 e. The minimum atomic E-state index is 0. The van der Waals surface area contributed by atoms with Gasteiger partial charge in [-0.25, -0.2) is 0 Å². The van der Waals surface area contributed by atoms with Crippen LogP contribution in [0.2, 0.25) is 0 Å². The van der Waals surface area contributed by atoms with Gasteiger partial charge in [-0.1, -0.05) is 131 Å². The number of hydrogen-bond acceptors (Lipinski definition) is 0. The summed E-state index contributed by atoms with van der Waals surface area (Å²) in [6.45, 7) is 2.29. The number of benzene rings is 2. The van der Waals surface area contributed by atoms with E-state index in [0.29, 0.717) is 0 Å². The van der Waals surface area contributed by atoms with Crippen molar-refractivity contribution in [2.24, 2.45) is 0 Å². The van der Waals surface area contributed by atoms with Crippen molar-refractivity contribution in [3.8, 4) is 0 Å². The van der Waals surface area contributed by atoms with E-state index in [-0.39, 0.29) is 62.0 Å². The van der Waals surface area contributed by atoms with E-state index in [1.54, 1.807) is 0 Å². The predicted molar refractivity (Wildman–Crippen MR) is 119 cm³/mol. The second kappa shape index (κ2) is 19.2. The largest absolute Gasteiger partial charge is 1.00 e. The maximum absolute atomic E-state index is 2.44. The quantitative estimate of drug-likeness (QED) is 0.361. The SMILES string of the molecule is CCCCCCCCCCCCC=C(c1ccccc1)c1ccccc1.[H-].[H-].[Na+].[Na+]. The fourth-order valence-corrected chi connectivity index (χ4v) is 3.52. The Kier molecular flexibility index (Phi) is 19.3. The summed E-state index contributed by atoms with van der Waals surface area (Å²) in [7, 11) is 0. The molecule has 0 atom stereocenters. The molecule has 144 valence electrons. The topological polar surface area (TPSA) is 0 Å². The molecule has 0 aromatic heterocycles. The van der Waals surface area contributed by atoms with Crippen molar-refractivity contribution in [2.45, 2.75) is 77.6 Å². The first kappa shape index (κ1) is 28.2. The molecule has 0 nitrogen and oxygen atoms in total. The van der Waals surface area contributed by atoms with E-state index in [9.17, 15) is 0 Å². The zero-order chi connectivity index (χ0) is 18.3. The predicted octanol–water partition coefficient (Wildman–Crippen LogP) is 2.66. The third kappa shape index (κ3) is 12.0. The van der Waals surface area contributed by atoms with Crippen molar-refractivity contribution in [3.05, 3.63) is 77.9 Å². The molecule has 2 aromatic carbocycles. The van der Waals surface area contributed by atoms with Crippen LogP contribution < -0.4 is 59.1 Å². The van der Waals surface area contributed by atoms with E-state index >= 15 is 0 Å². The van der Waals surface area contributed by atoms with Crippen LogP contribution in [-0.4, -0.2) is 0 Å². The summed E-state index contributed by atoms with van der Waals surface area (Å²) in [6, 6.07) is 21.6. The van der Waals surface area contributed by atoms with Crippen LogP contribution in [-0.2, 0) is 0 Å². The van der Waals surface area contributed by atoms with Gasteiger partial charge in [0.15, 0.2) is 0 Å². The van der Waals surface area contributed by atoms with Gasteiger partial charge in [-0.15, -0.1) is 0 Å². The van der Waals surface area contributed by atoms with Crippen LogP contribution in [0.5, 0.6) is 0 Å². The van der Waals surface area contributed by atoms with E-state index in [4.69, 9.17) is 0 Å². The van der Waals surface area contributed by atoms with Crippen LogP contribution in [0, 0.1) is 0 Å². The third-order valence-corrected chi connectivity index (χ3v) is 5.08. The minimum absolute atomic E-state index is 0. The van der Waals surface area contributed by atoms with E-state index in [0.717, 1.165) is 0 Å². The van der Waals surface area contributed by atoms with E-state index in [2.05, 4.69) is 73.7 Å². The molecule has 28 heavy (non-hydrogen) atoms. The first-order chi connectivity index (χ1) is 12.9. The van der Waals surface area contributed by atoms with Crippen molar-refractivity contribution in [1.82, 2.24) is 0 Å². The molecule has 0 saturated carbocycles. The molecule has 2 rings (SSSR count). The molecule has 0 unspecified atom stereocenters. The Hall–Kier alpha value is 0.180. The number of unbranched alkanes of at least 4 members (excludes halogenated alkanes) is 10. The van der Waals surface area contributed by atoms with Gasteiger partial charge in [-0.2, -0.15) is 0 Å². The molecule has 0 bridgehead atoms. The normalized spacial score (nSPS) is 9.89. The maximum Gasteiger partial charge on any atom is 1.00 e. The zero-order valence-electron chi connectivity index (χ0n) is 20.6. The van der Waals surface area contributed by atoms with Crippen LogP contribution in [0.25, 0.3) is 5.57 Å². The van der Waals surface area contributed by atoms with Gasteiger partial charge >= 0.3 is 59.1 Å². The van der Waals surface area contributed by atoms with Gasteiger partial charge < -0.3 is 2.85 Å². The molecule has 0 saturated heterocycles. The molecular formula is C26H38Na2. The Balaban J connectivity index is -0.00000182. The molecule has 0 aliphatic carbocycles. The smallest absolute Gasteiger partial charge is 1.00 e. The van der Waals surface area contributed by atoms with Gasteiger partial charge in [-0.05, 0) is 29.5 Å². The Bertz CT molecular complexity index is 574. The van der Waals surface area contributed by atoms with E-state index in [1.807, 2.05) is 0 Å². The second-order valence-electron chi connectivity index (χ2n) is 7.32. The fourth-order valence-electron chi connectivity index (χ4n) is 3.52. The summed E-state index contributed by atoms with van der Waals surface area (Å²) in [5.74, 6) is 0. The molecule has 0 radical (unpaired) electrons. The van der Waals surface area contributed by atoms with Crippen LogP contribution >= 0.6 is 0 Å². The number of allylic oxidation sites excluding steroid dienone is 1. The average Bonchev–Trinajstić information content (AvgIpc) is 2.70. The standard InChI is InChI=1S/C26H36.2Na.2H/c1-2-3-4-5-6-7-8-9-10-11-18-23-26(24-19-14-12-15-20-24)25-21-16-13-17-22-25;;;;/h12-17,19-23H,2-11,18H2,1H3;;;;/q;2*+1;2*-1. The molecule has 0 spiro atoms. The molecule has 0 aliphatic rings. The molecule has 0 fully saturated rings. The van der Waals surface area contributed by atoms with Crippen molar-refractivity contribution in [1.29, 1.82) is 0 Å². The first-order valence-electron chi connectivity index (χ1n) is 10.7. The van der Waals surface area contributed by atoms with Crippen LogP contribution in [0.1, 0.15) is 91.5 Å². The monoisotopic (exact) mass is 396 g/mol. The van der Waals surface area contributed by atoms with E-state index in [1.165, 1.54) is 87.3 Å². The Labute approximate surface area is 221 Å². The zero-order valence-corrected chi connectivity index (χ0v) is 22.6. The summed E-state index contributed by atoms with van der Waals surface area (Å²) < 4.78 is 0. The van der Waals surface area contributed by atoms with Crippen molar-refractivity contribution < 1.29 is 62.0 Å². The number of hydrogen-bond donors (Lipinski definition) is 0. The maximum atomic E-state index is 2.44. The van der Waals surface area contributed by atoms with Crippen LogP contribution in [0.4, 0.5) is 0 Å². The molecular weight excluding hydrogens is 358 g/mol. The van der Waals surface area contributed by atoms with Crippen molar-refractivity contribution in [2.75, 3.05) is 0 Å². The van der Waals surface area contributed by atoms with E-state index < -0.39 is 0 Å². The first-order valence-corrected chi connectivity index (χ1v) is 10.7. The molecule has 0 amide bonds. The third-order valence-electron chi connectivity index (χ3n) is 5.08. The van der Waals surface area contributed by atoms with Gasteiger partial charge in [-0.3, -0.25) is 0 Å². The molecule has 0 aliphatic heterocycles. The summed E-state index contributed by atoms with van der Waals surface area (Å²) in [5, 5.41) is 0. The fraction of sp³-hybridized carbons (Fsp3) is 0.462.